The Morgan fingerprint density at radius 3 is 2.59 bits per heavy atom. The molecule has 1 aliphatic heterocycles. The second-order valence-electron chi connectivity index (χ2n) is 5.11. The summed E-state index contributed by atoms with van der Waals surface area (Å²) in [6.45, 7) is 0.679. The van der Waals surface area contributed by atoms with Gasteiger partial charge in [0.15, 0.2) is 5.03 Å². The lowest BCUT2D eigenvalue weighted by atomic mass is 10.0. The first-order valence-electron chi connectivity index (χ1n) is 6.82. The molecule has 1 aromatic carbocycles. The molecule has 0 unspecified atom stereocenters. The third kappa shape index (κ3) is 2.62. The number of nitrogens with one attached hydrogen (secondary N) is 1. The molecule has 0 aliphatic carbocycles. The molecule has 7 nitrogen and oxygen atoms in total. The van der Waals surface area contributed by atoms with Crippen LogP contribution in [-0.2, 0) is 22.9 Å². The zero-order chi connectivity index (χ0) is 15.7. The molecule has 116 valence electrons. The topological polar surface area (TPSA) is 103 Å². The van der Waals surface area contributed by atoms with Crippen LogP contribution < -0.4 is 0 Å². The maximum absolute atomic E-state index is 12.5. The molecule has 0 bridgehead atoms. The molecule has 1 aliphatic rings. The molecule has 2 heterocycles. The average Bonchev–Trinajstić information content (AvgIpc) is 2.94. The van der Waals surface area contributed by atoms with Crippen molar-refractivity contribution in [3.8, 4) is 0 Å². The zero-order valence-electron chi connectivity index (χ0n) is 11.7. The predicted molar refractivity (Wildman–Crippen MR) is 78.2 cm³/mol. The highest BCUT2D eigenvalue weighted by molar-refractivity contribution is 7.89. The number of hydrogen-bond donors (Lipinski definition) is 2. The number of aromatic amines is 1. The Kier molecular flexibility index (Phi) is 3.71. The summed E-state index contributed by atoms with van der Waals surface area (Å²) in [7, 11) is -3.59. The van der Waals surface area contributed by atoms with Crippen LogP contribution in [0.25, 0.3) is 0 Å². The van der Waals surface area contributed by atoms with Crippen molar-refractivity contribution in [1.29, 1.82) is 0 Å². The van der Waals surface area contributed by atoms with Crippen LogP contribution in [-0.4, -0.2) is 46.9 Å². The van der Waals surface area contributed by atoms with Gasteiger partial charge in [-0.25, -0.2) is 18.2 Å². The van der Waals surface area contributed by atoms with Gasteiger partial charge in [0.05, 0.1) is 18.1 Å². The number of sulfonamides is 1. The summed E-state index contributed by atoms with van der Waals surface area (Å²) in [5.41, 5.74) is 2.11. The smallest absolute Gasteiger partial charge is 0.335 e. The van der Waals surface area contributed by atoms with E-state index in [1.165, 1.54) is 16.8 Å². The number of carboxylic acids is 1. The quantitative estimate of drug-likeness (QED) is 0.874. The van der Waals surface area contributed by atoms with Crippen LogP contribution in [0.1, 0.15) is 21.5 Å². The third-order valence-corrected chi connectivity index (χ3v) is 5.63. The number of carbonyl (C=O) groups is 1. The SMILES string of the molecule is O=C(O)c1ccc2c(c1)CCN(S(=O)(=O)c1cnc[nH]1)CC2. The molecule has 0 atom stereocenters. The Morgan fingerprint density at radius 2 is 1.95 bits per heavy atom. The Bertz CT molecular complexity index is 800. The number of imidazole rings is 1. The molecule has 22 heavy (non-hydrogen) atoms. The van der Waals surface area contributed by atoms with Gasteiger partial charge in [0, 0.05) is 13.1 Å². The van der Waals surface area contributed by atoms with E-state index < -0.39 is 16.0 Å². The van der Waals surface area contributed by atoms with Gasteiger partial charge in [-0.15, -0.1) is 0 Å². The van der Waals surface area contributed by atoms with Crippen LogP contribution in [0, 0.1) is 0 Å². The van der Waals surface area contributed by atoms with Crippen molar-refractivity contribution in [2.75, 3.05) is 13.1 Å². The zero-order valence-corrected chi connectivity index (χ0v) is 12.5. The number of aromatic nitrogens is 2. The minimum Gasteiger partial charge on any atom is -0.478 e. The van der Waals surface area contributed by atoms with E-state index >= 15 is 0 Å². The highest BCUT2D eigenvalue weighted by Gasteiger charge is 2.27. The summed E-state index contributed by atoms with van der Waals surface area (Å²) < 4.78 is 26.4. The largest absolute Gasteiger partial charge is 0.478 e. The normalized spacial score (nSPS) is 16.0. The molecule has 1 aromatic heterocycles. The molecule has 0 fully saturated rings. The van der Waals surface area contributed by atoms with Gasteiger partial charge in [-0.05, 0) is 36.1 Å². The number of benzene rings is 1. The summed E-state index contributed by atoms with van der Waals surface area (Å²) in [4.78, 5) is 17.4. The lowest BCUT2D eigenvalue weighted by Gasteiger charge is -2.18. The van der Waals surface area contributed by atoms with Crippen molar-refractivity contribution >= 4 is 16.0 Å². The van der Waals surface area contributed by atoms with Crippen molar-refractivity contribution in [3.63, 3.8) is 0 Å². The summed E-state index contributed by atoms with van der Waals surface area (Å²) in [6, 6.07) is 4.95. The van der Waals surface area contributed by atoms with Crippen LogP contribution in [0.5, 0.6) is 0 Å². The summed E-state index contributed by atoms with van der Waals surface area (Å²) in [5.74, 6) is -0.978. The molecule has 0 saturated heterocycles. The van der Waals surface area contributed by atoms with Crippen molar-refractivity contribution in [2.24, 2.45) is 0 Å². The number of carboxylic acid groups (broad SMARTS) is 1. The minimum atomic E-state index is -3.59. The van der Waals surface area contributed by atoms with E-state index in [0.29, 0.717) is 25.9 Å². The second-order valence-corrected chi connectivity index (χ2v) is 7.01. The number of hydrogen-bond acceptors (Lipinski definition) is 4. The van der Waals surface area contributed by atoms with Gasteiger partial charge in [-0.2, -0.15) is 4.31 Å². The molecule has 0 amide bonds. The van der Waals surface area contributed by atoms with Gasteiger partial charge in [0.1, 0.15) is 0 Å². The monoisotopic (exact) mass is 321 g/mol. The van der Waals surface area contributed by atoms with E-state index in [2.05, 4.69) is 9.97 Å². The van der Waals surface area contributed by atoms with Crippen molar-refractivity contribution in [3.05, 3.63) is 47.4 Å². The number of rotatable bonds is 3. The molecule has 2 N–H and O–H groups in total. The van der Waals surface area contributed by atoms with E-state index in [1.807, 2.05) is 0 Å². The average molecular weight is 321 g/mol. The minimum absolute atomic E-state index is 0.0738. The first-order chi connectivity index (χ1) is 10.5. The Balaban J connectivity index is 1.86. The van der Waals surface area contributed by atoms with Crippen molar-refractivity contribution < 1.29 is 18.3 Å². The molecule has 0 radical (unpaired) electrons. The molecular weight excluding hydrogens is 306 g/mol. The van der Waals surface area contributed by atoms with Crippen LogP contribution in [0.15, 0.2) is 35.7 Å². The van der Waals surface area contributed by atoms with Crippen molar-refractivity contribution in [2.45, 2.75) is 17.9 Å². The fraction of sp³-hybridized carbons (Fsp3) is 0.286. The van der Waals surface area contributed by atoms with E-state index in [4.69, 9.17) is 5.11 Å². The molecule has 3 rings (SSSR count). The number of H-pyrrole nitrogens is 1. The van der Waals surface area contributed by atoms with Crippen LogP contribution in [0.4, 0.5) is 0 Å². The van der Waals surface area contributed by atoms with E-state index in [-0.39, 0.29) is 10.6 Å². The van der Waals surface area contributed by atoms with Gasteiger partial charge in [-0.1, -0.05) is 6.07 Å². The standard InChI is InChI=1S/C14H15N3O4S/c18-14(19)12-2-1-10-3-5-17(6-4-11(10)7-12)22(20,21)13-8-15-9-16-13/h1-2,7-9H,3-6H2,(H,15,16)(H,18,19). The van der Waals surface area contributed by atoms with Crippen LogP contribution in [0.3, 0.4) is 0 Å². The van der Waals surface area contributed by atoms with Gasteiger partial charge in [-0.3, -0.25) is 0 Å². The Labute approximate surface area is 127 Å². The molecule has 0 spiro atoms. The molecular formula is C14H15N3O4S. The van der Waals surface area contributed by atoms with E-state index in [0.717, 1.165) is 11.1 Å². The maximum atomic E-state index is 12.5. The molecule has 2 aromatic rings. The second kappa shape index (κ2) is 5.54. The maximum Gasteiger partial charge on any atom is 0.335 e. The Morgan fingerprint density at radius 1 is 1.23 bits per heavy atom. The fourth-order valence-electron chi connectivity index (χ4n) is 2.60. The number of fused-ring (bicyclic) bond motifs is 1. The van der Waals surface area contributed by atoms with Crippen LogP contribution in [0.2, 0.25) is 0 Å². The molecule has 8 heteroatoms. The van der Waals surface area contributed by atoms with E-state index in [9.17, 15) is 13.2 Å². The molecule has 0 saturated carbocycles. The predicted octanol–water partition coefficient (Wildman–Crippen LogP) is 0.897. The first-order valence-corrected chi connectivity index (χ1v) is 8.26. The van der Waals surface area contributed by atoms with Gasteiger partial charge in [0.25, 0.3) is 10.0 Å². The third-order valence-electron chi connectivity index (χ3n) is 3.81. The highest BCUT2D eigenvalue weighted by Crippen LogP contribution is 2.21. The summed E-state index contributed by atoms with van der Waals surface area (Å²) in [6.07, 6.45) is 3.67. The lowest BCUT2D eigenvalue weighted by Crippen LogP contribution is -2.33. The summed E-state index contributed by atoms with van der Waals surface area (Å²) in [5, 5.41) is 9.12. The van der Waals surface area contributed by atoms with Crippen LogP contribution >= 0.6 is 0 Å². The van der Waals surface area contributed by atoms with E-state index in [1.54, 1.807) is 18.2 Å². The van der Waals surface area contributed by atoms with Crippen molar-refractivity contribution in [1.82, 2.24) is 14.3 Å². The fourth-order valence-corrected chi connectivity index (χ4v) is 3.94. The lowest BCUT2D eigenvalue weighted by molar-refractivity contribution is 0.0696. The number of aromatic carboxylic acids is 1. The van der Waals surface area contributed by atoms with Gasteiger partial charge in [0.2, 0.25) is 0 Å². The van der Waals surface area contributed by atoms with Gasteiger partial charge >= 0.3 is 5.97 Å². The first kappa shape index (κ1) is 14.7. The Hall–Kier alpha value is -2.19. The number of nitrogens with zero attached hydrogens (tertiary/aromatic N) is 2. The summed E-state index contributed by atoms with van der Waals surface area (Å²) >= 11 is 0. The van der Waals surface area contributed by atoms with Gasteiger partial charge < -0.3 is 10.1 Å². The highest BCUT2D eigenvalue weighted by atomic mass is 32.2.